The van der Waals surface area contributed by atoms with Gasteiger partial charge in [0.05, 0.1) is 7.11 Å². The van der Waals surface area contributed by atoms with Gasteiger partial charge in [-0.3, -0.25) is 10.3 Å². The lowest BCUT2D eigenvalue weighted by atomic mass is 9.93. The predicted octanol–water partition coefficient (Wildman–Crippen LogP) is 5.93. The molecule has 6 heteroatoms. The molecule has 0 spiro atoms. The summed E-state index contributed by atoms with van der Waals surface area (Å²) in [5, 5.41) is 15.2. The molecule has 1 aliphatic rings. The second-order valence-corrected chi connectivity index (χ2v) is 7.76. The van der Waals surface area contributed by atoms with Gasteiger partial charge in [-0.25, -0.2) is 0 Å². The molecule has 0 aliphatic carbocycles. The molecule has 0 unspecified atom stereocenters. The normalized spacial score (nSPS) is 18.9. The van der Waals surface area contributed by atoms with Gasteiger partial charge < -0.3 is 9.84 Å². The van der Waals surface area contributed by atoms with Gasteiger partial charge in [0.25, 0.3) is 0 Å². The fourth-order valence-electron chi connectivity index (χ4n) is 3.52. The molecule has 29 heavy (non-hydrogen) atoms. The molecule has 1 heterocycles. The molecule has 0 bridgehead atoms. The van der Waals surface area contributed by atoms with Gasteiger partial charge in [-0.15, -0.1) is 0 Å². The number of methoxy groups -OCH3 is 1. The second kappa shape index (κ2) is 8.46. The molecule has 3 aromatic carbocycles. The van der Waals surface area contributed by atoms with E-state index in [0.717, 1.165) is 28.2 Å². The van der Waals surface area contributed by atoms with Crippen molar-refractivity contribution in [1.82, 2.24) is 5.32 Å². The van der Waals surface area contributed by atoms with Crippen LogP contribution in [0, 0.1) is 0 Å². The minimum absolute atomic E-state index is 0.160. The first-order valence-electron chi connectivity index (χ1n) is 9.24. The molecule has 2 atom stereocenters. The number of hydrogen-bond donors (Lipinski definition) is 2. The fraction of sp³-hybridized carbons (Fsp3) is 0.174. The van der Waals surface area contributed by atoms with Crippen LogP contribution in [-0.2, 0) is 0 Å². The van der Waals surface area contributed by atoms with Crippen molar-refractivity contribution in [3.8, 4) is 11.5 Å². The molecule has 0 amide bonds. The Morgan fingerprint density at radius 2 is 1.76 bits per heavy atom. The van der Waals surface area contributed by atoms with Crippen molar-refractivity contribution >= 4 is 28.9 Å². The van der Waals surface area contributed by atoms with Gasteiger partial charge >= 0.3 is 0 Å². The number of halogens is 2. The summed E-state index contributed by atoms with van der Waals surface area (Å²) in [6, 6.07) is 20.4. The number of aliphatic imine (C=N–C) groups is 1. The van der Waals surface area contributed by atoms with E-state index in [1.807, 2.05) is 48.5 Å². The first-order chi connectivity index (χ1) is 14.0. The third kappa shape index (κ3) is 4.40. The first-order valence-corrected chi connectivity index (χ1v) is 10.00. The van der Waals surface area contributed by atoms with Gasteiger partial charge in [0.2, 0.25) is 0 Å². The van der Waals surface area contributed by atoms with Crippen LogP contribution in [0.25, 0.3) is 0 Å². The van der Waals surface area contributed by atoms with Crippen molar-refractivity contribution in [2.24, 2.45) is 4.99 Å². The third-order valence-corrected chi connectivity index (χ3v) is 5.46. The summed E-state index contributed by atoms with van der Waals surface area (Å²) in [5.41, 5.74) is 3.63. The van der Waals surface area contributed by atoms with Crippen LogP contribution in [0.5, 0.6) is 11.5 Å². The molecule has 4 rings (SSSR count). The summed E-state index contributed by atoms with van der Waals surface area (Å²) in [5.74, 6) is 0.992. The van der Waals surface area contributed by atoms with Crippen LogP contribution < -0.4 is 10.1 Å². The monoisotopic (exact) mass is 426 g/mol. The van der Waals surface area contributed by atoms with E-state index < -0.39 is 0 Å². The second-order valence-electron chi connectivity index (χ2n) is 6.89. The number of benzene rings is 3. The Kier molecular flexibility index (Phi) is 5.76. The Morgan fingerprint density at radius 3 is 2.48 bits per heavy atom. The summed E-state index contributed by atoms with van der Waals surface area (Å²) < 4.78 is 5.26. The van der Waals surface area contributed by atoms with E-state index in [2.05, 4.69) is 5.32 Å². The molecule has 0 saturated heterocycles. The van der Waals surface area contributed by atoms with Crippen molar-refractivity contribution in [2.75, 3.05) is 7.11 Å². The number of phenolic OH excluding ortho intramolecular Hbond substituents is 1. The van der Waals surface area contributed by atoms with Crippen LogP contribution >= 0.6 is 23.2 Å². The Bertz CT molecular complexity index is 1050. The van der Waals surface area contributed by atoms with Gasteiger partial charge in [-0.1, -0.05) is 35.3 Å². The maximum absolute atomic E-state index is 10.4. The largest absolute Gasteiger partial charge is 0.508 e. The zero-order valence-electron chi connectivity index (χ0n) is 15.8. The number of hydrogen-bond acceptors (Lipinski definition) is 4. The van der Waals surface area contributed by atoms with Crippen molar-refractivity contribution in [2.45, 2.75) is 18.6 Å². The maximum Gasteiger partial charge on any atom is 0.126 e. The van der Waals surface area contributed by atoms with Crippen molar-refractivity contribution < 1.29 is 9.84 Å². The Balaban J connectivity index is 1.76. The predicted molar refractivity (Wildman–Crippen MR) is 117 cm³/mol. The summed E-state index contributed by atoms with van der Waals surface area (Å²) in [6.07, 6.45) is 0.306. The van der Waals surface area contributed by atoms with Crippen LogP contribution in [-0.4, -0.2) is 17.9 Å². The first kappa shape index (κ1) is 19.8. The van der Waals surface area contributed by atoms with Gasteiger partial charge in [-0.05, 0) is 65.7 Å². The molecule has 0 fully saturated rings. The Morgan fingerprint density at radius 1 is 1.00 bits per heavy atom. The number of nitrogens with one attached hydrogen (secondary N) is 1. The SMILES string of the molecule is COc1ccc(C2=N[C@@H](c3cccc(Cl)c3)N[C@@H](c3cc(Cl)ccc3O)C2)cc1. The lowest BCUT2D eigenvalue weighted by Gasteiger charge is -2.31. The minimum Gasteiger partial charge on any atom is -0.508 e. The minimum atomic E-state index is -0.303. The van der Waals surface area contributed by atoms with Crippen molar-refractivity contribution in [3.63, 3.8) is 0 Å². The van der Waals surface area contributed by atoms with Crippen LogP contribution in [0.1, 0.15) is 35.3 Å². The van der Waals surface area contributed by atoms with Crippen LogP contribution in [0.4, 0.5) is 0 Å². The number of phenols is 1. The topological polar surface area (TPSA) is 53.8 Å². The van der Waals surface area contributed by atoms with Gasteiger partial charge in [0, 0.05) is 33.8 Å². The zero-order valence-corrected chi connectivity index (χ0v) is 17.3. The lowest BCUT2D eigenvalue weighted by Crippen LogP contribution is -2.33. The molecule has 148 valence electrons. The van der Waals surface area contributed by atoms with E-state index in [0.29, 0.717) is 16.5 Å². The fourth-order valence-corrected chi connectivity index (χ4v) is 3.90. The van der Waals surface area contributed by atoms with E-state index in [1.165, 1.54) is 0 Å². The average Bonchev–Trinajstić information content (AvgIpc) is 2.75. The van der Waals surface area contributed by atoms with E-state index in [9.17, 15) is 5.11 Å². The molecular weight excluding hydrogens is 407 g/mol. The Labute approximate surface area is 179 Å². The van der Waals surface area contributed by atoms with E-state index >= 15 is 0 Å². The smallest absolute Gasteiger partial charge is 0.126 e. The van der Waals surface area contributed by atoms with Crippen LogP contribution in [0.15, 0.2) is 71.7 Å². The quantitative estimate of drug-likeness (QED) is 0.543. The molecular formula is C23H20Cl2N2O2. The molecule has 2 N–H and O–H groups in total. The van der Waals surface area contributed by atoms with Crippen LogP contribution in [0.3, 0.4) is 0 Å². The van der Waals surface area contributed by atoms with Gasteiger partial charge in [0.15, 0.2) is 0 Å². The number of aromatic hydroxyl groups is 1. The van der Waals surface area contributed by atoms with Crippen molar-refractivity contribution in [3.05, 3.63) is 93.5 Å². The Hall–Kier alpha value is -2.53. The highest BCUT2D eigenvalue weighted by Crippen LogP contribution is 2.36. The van der Waals surface area contributed by atoms with Gasteiger partial charge in [-0.2, -0.15) is 0 Å². The summed E-state index contributed by atoms with van der Waals surface area (Å²) in [7, 11) is 1.64. The maximum atomic E-state index is 10.4. The van der Waals surface area contributed by atoms with Gasteiger partial charge in [0.1, 0.15) is 17.7 Å². The van der Waals surface area contributed by atoms with Crippen LogP contribution in [0.2, 0.25) is 10.0 Å². The van der Waals surface area contributed by atoms with Crippen molar-refractivity contribution in [1.29, 1.82) is 0 Å². The third-order valence-electron chi connectivity index (χ3n) is 4.99. The number of ether oxygens (including phenoxy) is 1. The van der Waals surface area contributed by atoms with E-state index in [4.69, 9.17) is 32.9 Å². The van der Waals surface area contributed by atoms with E-state index in [1.54, 1.807) is 25.3 Å². The molecule has 3 aromatic rings. The molecule has 1 aliphatic heterocycles. The highest BCUT2D eigenvalue weighted by atomic mass is 35.5. The summed E-state index contributed by atoms with van der Waals surface area (Å²) in [4.78, 5) is 4.94. The highest BCUT2D eigenvalue weighted by Gasteiger charge is 2.28. The van der Waals surface area contributed by atoms with E-state index in [-0.39, 0.29) is 18.0 Å². The lowest BCUT2D eigenvalue weighted by molar-refractivity contribution is 0.412. The summed E-state index contributed by atoms with van der Waals surface area (Å²) >= 11 is 12.4. The number of nitrogens with zero attached hydrogens (tertiary/aromatic N) is 1. The summed E-state index contributed by atoms with van der Waals surface area (Å²) in [6.45, 7) is 0. The molecule has 0 saturated carbocycles. The average molecular weight is 427 g/mol. The molecule has 0 aromatic heterocycles. The number of rotatable bonds is 4. The molecule has 4 nitrogen and oxygen atoms in total. The standard InChI is InChI=1S/C23H20Cl2N2O2/c1-29-18-8-5-14(6-9-18)20-13-21(19-12-17(25)7-10-22(19)28)27-23(26-20)15-3-2-4-16(24)11-15/h2-12,21,23,27-28H,13H2,1H3/t21-,23-/m1/s1. The molecule has 0 radical (unpaired) electrons. The zero-order chi connectivity index (χ0) is 20.4. The highest BCUT2D eigenvalue weighted by molar-refractivity contribution is 6.31.